The van der Waals surface area contributed by atoms with Gasteiger partial charge in [0.2, 0.25) is 6.41 Å². The summed E-state index contributed by atoms with van der Waals surface area (Å²) in [6.45, 7) is 9.52. The van der Waals surface area contributed by atoms with Gasteiger partial charge in [-0.15, -0.1) is 0 Å². The standard InChI is InChI=1S/C16H23N3O/c1-16(2,3)17-15(14-7-5-4-6-8-14)19-11-9-18(13-20)10-12-19/h4-8,13H,9-12H2,1-3H3. The summed E-state index contributed by atoms with van der Waals surface area (Å²) < 4.78 is 0. The van der Waals surface area contributed by atoms with Crippen molar-refractivity contribution < 1.29 is 4.79 Å². The van der Waals surface area contributed by atoms with Gasteiger partial charge in [-0.1, -0.05) is 30.3 Å². The minimum absolute atomic E-state index is 0.118. The molecule has 1 amide bonds. The summed E-state index contributed by atoms with van der Waals surface area (Å²) in [5.41, 5.74) is 1.02. The number of amides is 1. The van der Waals surface area contributed by atoms with Crippen molar-refractivity contribution in [2.24, 2.45) is 4.99 Å². The molecule has 1 heterocycles. The number of hydrogen-bond acceptors (Lipinski definition) is 2. The van der Waals surface area contributed by atoms with Gasteiger partial charge in [-0.25, -0.2) is 0 Å². The van der Waals surface area contributed by atoms with Gasteiger partial charge in [-0.2, -0.15) is 0 Å². The SMILES string of the molecule is CC(C)(C)N=C(c1ccccc1)N1CCN(C=O)CC1. The lowest BCUT2D eigenvalue weighted by atomic mass is 10.1. The first-order chi connectivity index (χ1) is 9.49. The number of benzene rings is 1. The third kappa shape index (κ3) is 3.83. The van der Waals surface area contributed by atoms with Gasteiger partial charge in [-0.05, 0) is 20.8 Å². The molecule has 4 heteroatoms. The van der Waals surface area contributed by atoms with Crippen molar-refractivity contribution in [3.05, 3.63) is 35.9 Å². The molecule has 20 heavy (non-hydrogen) atoms. The molecule has 1 aromatic rings. The van der Waals surface area contributed by atoms with E-state index in [0.717, 1.165) is 44.0 Å². The van der Waals surface area contributed by atoms with E-state index in [0.29, 0.717) is 0 Å². The van der Waals surface area contributed by atoms with Crippen LogP contribution >= 0.6 is 0 Å². The molecule has 0 unspecified atom stereocenters. The van der Waals surface area contributed by atoms with Crippen LogP contribution in [0.3, 0.4) is 0 Å². The number of carbonyl (C=O) groups excluding carboxylic acids is 1. The van der Waals surface area contributed by atoms with Crippen LogP contribution in [0.4, 0.5) is 0 Å². The van der Waals surface area contributed by atoms with E-state index in [2.05, 4.69) is 37.8 Å². The Balaban J connectivity index is 2.25. The first-order valence-electron chi connectivity index (χ1n) is 7.09. The maximum Gasteiger partial charge on any atom is 0.209 e. The number of amidine groups is 1. The fourth-order valence-corrected chi connectivity index (χ4v) is 2.26. The average Bonchev–Trinajstić information content (AvgIpc) is 2.45. The number of hydrogen-bond donors (Lipinski definition) is 0. The van der Waals surface area contributed by atoms with E-state index in [9.17, 15) is 4.79 Å². The van der Waals surface area contributed by atoms with Crippen molar-refractivity contribution in [1.29, 1.82) is 0 Å². The number of nitrogens with zero attached hydrogens (tertiary/aromatic N) is 3. The lowest BCUT2D eigenvalue weighted by molar-refractivity contribution is -0.119. The van der Waals surface area contributed by atoms with E-state index in [1.165, 1.54) is 0 Å². The van der Waals surface area contributed by atoms with E-state index in [-0.39, 0.29) is 5.54 Å². The third-order valence-electron chi connectivity index (χ3n) is 3.24. The molecule has 1 aliphatic heterocycles. The molecular weight excluding hydrogens is 250 g/mol. The highest BCUT2D eigenvalue weighted by Crippen LogP contribution is 2.15. The van der Waals surface area contributed by atoms with E-state index in [4.69, 9.17) is 4.99 Å². The quantitative estimate of drug-likeness (QED) is 0.469. The topological polar surface area (TPSA) is 35.9 Å². The van der Waals surface area contributed by atoms with E-state index in [1.54, 1.807) is 0 Å². The molecule has 0 radical (unpaired) electrons. The number of carbonyl (C=O) groups is 1. The van der Waals surface area contributed by atoms with Crippen LogP contribution in [-0.4, -0.2) is 53.8 Å². The Morgan fingerprint density at radius 3 is 2.20 bits per heavy atom. The first-order valence-corrected chi connectivity index (χ1v) is 7.09. The van der Waals surface area contributed by atoms with Crippen molar-refractivity contribution in [1.82, 2.24) is 9.80 Å². The minimum atomic E-state index is -0.118. The highest BCUT2D eigenvalue weighted by molar-refractivity contribution is 5.99. The Morgan fingerprint density at radius 1 is 1.10 bits per heavy atom. The van der Waals surface area contributed by atoms with Crippen LogP contribution in [0, 0.1) is 0 Å². The second kappa shape index (κ2) is 6.07. The summed E-state index contributed by atoms with van der Waals surface area (Å²) in [7, 11) is 0. The van der Waals surface area contributed by atoms with Crippen molar-refractivity contribution in [3.8, 4) is 0 Å². The van der Waals surface area contributed by atoms with Crippen molar-refractivity contribution >= 4 is 12.2 Å². The van der Waals surface area contributed by atoms with Crippen LogP contribution in [0.5, 0.6) is 0 Å². The molecule has 1 aromatic carbocycles. The smallest absolute Gasteiger partial charge is 0.209 e. The molecule has 1 saturated heterocycles. The zero-order valence-corrected chi connectivity index (χ0v) is 12.5. The average molecular weight is 273 g/mol. The molecule has 2 rings (SSSR count). The normalized spacial score (nSPS) is 17.2. The molecule has 0 N–H and O–H groups in total. The molecule has 1 fully saturated rings. The maximum absolute atomic E-state index is 10.8. The van der Waals surface area contributed by atoms with Crippen LogP contribution in [0.15, 0.2) is 35.3 Å². The van der Waals surface area contributed by atoms with Crippen LogP contribution in [0.25, 0.3) is 0 Å². The predicted octanol–water partition coefficient (Wildman–Crippen LogP) is 2.01. The third-order valence-corrected chi connectivity index (χ3v) is 3.24. The highest BCUT2D eigenvalue weighted by Gasteiger charge is 2.21. The van der Waals surface area contributed by atoms with Gasteiger partial charge in [0, 0.05) is 31.7 Å². The largest absolute Gasteiger partial charge is 0.353 e. The van der Waals surface area contributed by atoms with Gasteiger partial charge in [-0.3, -0.25) is 9.79 Å². The first kappa shape index (κ1) is 14.6. The van der Waals surface area contributed by atoms with Gasteiger partial charge < -0.3 is 9.80 Å². The molecule has 1 aliphatic rings. The zero-order chi connectivity index (χ0) is 14.6. The highest BCUT2D eigenvalue weighted by atomic mass is 16.1. The van der Waals surface area contributed by atoms with E-state index in [1.807, 2.05) is 23.1 Å². The molecule has 0 saturated carbocycles. The van der Waals surface area contributed by atoms with Gasteiger partial charge >= 0.3 is 0 Å². The molecule has 0 aliphatic carbocycles. The van der Waals surface area contributed by atoms with Crippen LogP contribution < -0.4 is 0 Å². The number of aliphatic imine (C=N–C) groups is 1. The van der Waals surface area contributed by atoms with Crippen LogP contribution in [-0.2, 0) is 4.79 Å². The van der Waals surface area contributed by atoms with Gasteiger partial charge in [0.05, 0.1) is 5.54 Å². The number of piperazine rings is 1. The monoisotopic (exact) mass is 273 g/mol. The Morgan fingerprint density at radius 2 is 1.70 bits per heavy atom. The summed E-state index contributed by atoms with van der Waals surface area (Å²) in [6, 6.07) is 10.3. The van der Waals surface area contributed by atoms with Gasteiger partial charge in [0.1, 0.15) is 5.84 Å². The summed E-state index contributed by atoms with van der Waals surface area (Å²) in [5, 5.41) is 0. The Labute approximate surface area is 121 Å². The molecule has 0 bridgehead atoms. The predicted molar refractivity (Wildman–Crippen MR) is 81.9 cm³/mol. The van der Waals surface area contributed by atoms with Gasteiger partial charge in [0.15, 0.2) is 0 Å². The van der Waals surface area contributed by atoms with Crippen molar-refractivity contribution in [3.63, 3.8) is 0 Å². The molecule has 0 aromatic heterocycles. The van der Waals surface area contributed by atoms with E-state index >= 15 is 0 Å². The van der Waals surface area contributed by atoms with Crippen LogP contribution in [0.2, 0.25) is 0 Å². The molecular formula is C16H23N3O. The summed E-state index contributed by atoms with van der Waals surface area (Å²) in [6.07, 6.45) is 0.931. The molecule has 4 nitrogen and oxygen atoms in total. The maximum atomic E-state index is 10.8. The lowest BCUT2D eigenvalue weighted by Crippen LogP contribution is -2.48. The second-order valence-electron chi connectivity index (χ2n) is 6.10. The molecule has 0 atom stereocenters. The van der Waals surface area contributed by atoms with Crippen molar-refractivity contribution in [2.45, 2.75) is 26.3 Å². The Bertz CT molecular complexity index is 468. The fraction of sp³-hybridized carbons (Fsp3) is 0.500. The minimum Gasteiger partial charge on any atom is -0.353 e. The lowest BCUT2D eigenvalue weighted by Gasteiger charge is -2.35. The summed E-state index contributed by atoms with van der Waals surface area (Å²) in [5.74, 6) is 1.03. The van der Waals surface area contributed by atoms with Crippen LogP contribution in [0.1, 0.15) is 26.3 Å². The zero-order valence-electron chi connectivity index (χ0n) is 12.5. The fourth-order valence-electron chi connectivity index (χ4n) is 2.26. The molecule has 0 spiro atoms. The Hall–Kier alpha value is -1.84. The number of rotatable bonds is 2. The Kier molecular flexibility index (Phi) is 4.42. The summed E-state index contributed by atoms with van der Waals surface area (Å²) in [4.78, 5) is 19.8. The van der Waals surface area contributed by atoms with Crippen molar-refractivity contribution in [2.75, 3.05) is 26.2 Å². The summed E-state index contributed by atoms with van der Waals surface area (Å²) >= 11 is 0. The van der Waals surface area contributed by atoms with Gasteiger partial charge in [0.25, 0.3) is 0 Å². The second-order valence-corrected chi connectivity index (χ2v) is 6.10. The van der Waals surface area contributed by atoms with E-state index < -0.39 is 0 Å². The molecule has 108 valence electrons.